The SMILES string of the molecule is CCCCCOCc1cc(C(=O)CBr)ccc1OCCCCC. The first-order chi connectivity index (χ1) is 11.2. The molecule has 23 heavy (non-hydrogen) atoms. The molecule has 0 atom stereocenters. The van der Waals surface area contributed by atoms with Crippen LogP contribution in [0.5, 0.6) is 5.75 Å². The number of unbranched alkanes of at least 4 members (excludes halogenated alkanes) is 4. The number of hydrogen-bond donors (Lipinski definition) is 0. The van der Waals surface area contributed by atoms with Gasteiger partial charge in [-0.2, -0.15) is 0 Å². The number of carbonyl (C=O) groups excluding carboxylic acids is 1. The van der Waals surface area contributed by atoms with Gasteiger partial charge < -0.3 is 9.47 Å². The molecular weight excluding hydrogens is 356 g/mol. The molecule has 0 aliphatic heterocycles. The molecule has 0 amide bonds. The maximum Gasteiger partial charge on any atom is 0.173 e. The van der Waals surface area contributed by atoms with E-state index in [2.05, 4.69) is 29.8 Å². The van der Waals surface area contributed by atoms with Crippen molar-refractivity contribution in [3.8, 4) is 5.75 Å². The van der Waals surface area contributed by atoms with E-state index in [4.69, 9.17) is 9.47 Å². The first kappa shape index (κ1) is 20.2. The van der Waals surface area contributed by atoms with E-state index in [1.807, 2.05) is 18.2 Å². The maximum atomic E-state index is 11.9. The summed E-state index contributed by atoms with van der Waals surface area (Å²) in [5.41, 5.74) is 1.67. The Morgan fingerprint density at radius 2 is 1.74 bits per heavy atom. The Morgan fingerprint density at radius 1 is 1.04 bits per heavy atom. The number of Topliss-reactive ketones (excluding diaryl/α,β-unsaturated/α-hetero) is 1. The van der Waals surface area contributed by atoms with Crippen molar-refractivity contribution in [2.24, 2.45) is 0 Å². The number of carbonyl (C=O) groups is 1. The van der Waals surface area contributed by atoms with E-state index >= 15 is 0 Å². The quantitative estimate of drug-likeness (QED) is 0.254. The summed E-state index contributed by atoms with van der Waals surface area (Å²) in [6.45, 7) is 6.31. The van der Waals surface area contributed by atoms with Gasteiger partial charge in [0.25, 0.3) is 0 Å². The number of halogens is 1. The summed E-state index contributed by atoms with van der Waals surface area (Å²) in [5, 5.41) is 0.334. The molecule has 0 aliphatic carbocycles. The van der Waals surface area contributed by atoms with Crippen LogP contribution in [-0.4, -0.2) is 24.3 Å². The fraction of sp³-hybridized carbons (Fsp3) is 0.632. The Hall–Kier alpha value is -0.870. The summed E-state index contributed by atoms with van der Waals surface area (Å²) < 4.78 is 11.6. The predicted octanol–water partition coefficient (Wildman–Crippen LogP) is 5.54. The summed E-state index contributed by atoms with van der Waals surface area (Å²) in [7, 11) is 0. The van der Waals surface area contributed by atoms with E-state index in [9.17, 15) is 4.79 Å². The summed E-state index contributed by atoms with van der Waals surface area (Å²) >= 11 is 3.22. The van der Waals surface area contributed by atoms with Crippen molar-refractivity contribution >= 4 is 21.7 Å². The lowest BCUT2D eigenvalue weighted by Crippen LogP contribution is -2.06. The number of alkyl halides is 1. The molecule has 0 aliphatic rings. The number of rotatable bonds is 13. The van der Waals surface area contributed by atoms with Gasteiger partial charge in [0.2, 0.25) is 0 Å². The molecule has 0 saturated heterocycles. The third-order valence-corrected chi connectivity index (χ3v) is 4.17. The minimum absolute atomic E-state index is 0.0785. The molecule has 0 heterocycles. The maximum absolute atomic E-state index is 11.9. The van der Waals surface area contributed by atoms with E-state index in [0.717, 1.165) is 30.8 Å². The molecule has 1 aromatic carbocycles. The van der Waals surface area contributed by atoms with Crippen LogP contribution in [-0.2, 0) is 11.3 Å². The monoisotopic (exact) mass is 384 g/mol. The van der Waals surface area contributed by atoms with Crippen LogP contribution >= 0.6 is 15.9 Å². The molecule has 0 radical (unpaired) electrons. The third-order valence-electron chi connectivity index (χ3n) is 3.66. The standard InChI is InChI=1S/C19H29BrO3/c1-3-5-7-11-22-15-17-13-16(18(21)14-20)9-10-19(17)23-12-8-6-4-2/h9-10,13H,3-8,11-12,14-15H2,1-2H3. The zero-order chi connectivity index (χ0) is 16.9. The van der Waals surface area contributed by atoms with Gasteiger partial charge in [-0.05, 0) is 31.0 Å². The van der Waals surface area contributed by atoms with E-state index in [1.165, 1.54) is 25.7 Å². The fourth-order valence-electron chi connectivity index (χ4n) is 2.25. The lowest BCUT2D eigenvalue weighted by atomic mass is 10.1. The Labute approximate surface area is 148 Å². The molecule has 1 aromatic rings. The molecule has 4 heteroatoms. The van der Waals surface area contributed by atoms with E-state index in [1.54, 1.807) is 0 Å². The highest BCUT2D eigenvalue weighted by atomic mass is 79.9. The largest absolute Gasteiger partial charge is 0.493 e. The minimum atomic E-state index is 0.0785. The molecular formula is C19H29BrO3. The average Bonchev–Trinajstić information content (AvgIpc) is 2.58. The molecule has 130 valence electrons. The van der Waals surface area contributed by atoms with Crippen molar-refractivity contribution in [2.45, 2.75) is 59.0 Å². The van der Waals surface area contributed by atoms with Gasteiger partial charge >= 0.3 is 0 Å². The van der Waals surface area contributed by atoms with Gasteiger partial charge in [-0.15, -0.1) is 0 Å². The molecule has 3 nitrogen and oxygen atoms in total. The Balaban J connectivity index is 2.67. The molecule has 0 bridgehead atoms. The first-order valence-electron chi connectivity index (χ1n) is 8.65. The van der Waals surface area contributed by atoms with Crippen LogP contribution in [0.4, 0.5) is 0 Å². The molecule has 0 unspecified atom stereocenters. The Bertz CT molecular complexity index is 460. The highest BCUT2D eigenvalue weighted by Gasteiger charge is 2.10. The van der Waals surface area contributed by atoms with Gasteiger partial charge in [0.1, 0.15) is 5.75 Å². The molecule has 0 N–H and O–H groups in total. The second-order valence-corrected chi connectivity index (χ2v) is 6.26. The van der Waals surface area contributed by atoms with Gasteiger partial charge in [0.15, 0.2) is 5.78 Å². The summed E-state index contributed by atoms with van der Waals surface area (Å²) in [6.07, 6.45) is 6.84. The number of benzene rings is 1. The van der Waals surface area contributed by atoms with Gasteiger partial charge in [0.05, 0.1) is 18.5 Å². The number of hydrogen-bond acceptors (Lipinski definition) is 3. The summed E-state index contributed by atoms with van der Waals surface area (Å²) in [5.74, 6) is 0.914. The third kappa shape index (κ3) is 7.98. The fourth-order valence-corrected chi connectivity index (χ4v) is 2.58. The first-order valence-corrected chi connectivity index (χ1v) is 9.77. The smallest absolute Gasteiger partial charge is 0.173 e. The van der Waals surface area contributed by atoms with Gasteiger partial charge in [-0.3, -0.25) is 4.79 Å². The molecule has 0 aromatic heterocycles. The topological polar surface area (TPSA) is 35.5 Å². The van der Waals surface area contributed by atoms with Crippen molar-refractivity contribution in [1.29, 1.82) is 0 Å². The molecule has 0 spiro atoms. The summed E-state index contributed by atoms with van der Waals surface area (Å²) in [4.78, 5) is 11.9. The number of ether oxygens (including phenoxy) is 2. The Kier molecular flexibility index (Phi) is 11.0. The lowest BCUT2D eigenvalue weighted by molar-refractivity contribution is 0.102. The van der Waals surface area contributed by atoms with Crippen molar-refractivity contribution in [3.05, 3.63) is 29.3 Å². The lowest BCUT2D eigenvalue weighted by Gasteiger charge is -2.13. The van der Waals surface area contributed by atoms with Gasteiger partial charge in [0, 0.05) is 17.7 Å². The minimum Gasteiger partial charge on any atom is -0.493 e. The van der Waals surface area contributed by atoms with Crippen LogP contribution in [0.2, 0.25) is 0 Å². The zero-order valence-corrected chi connectivity index (χ0v) is 16.0. The molecule has 0 fully saturated rings. The molecule has 0 saturated carbocycles. The van der Waals surface area contributed by atoms with Crippen LogP contribution in [0.25, 0.3) is 0 Å². The predicted molar refractivity (Wildman–Crippen MR) is 98.8 cm³/mol. The van der Waals surface area contributed by atoms with E-state index in [-0.39, 0.29) is 5.78 Å². The normalized spacial score (nSPS) is 10.7. The summed E-state index contributed by atoms with van der Waals surface area (Å²) in [6, 6.07) is 5.63. The van der Waals surface area contributed by atoms with Crippen molar-refractivity contribution in [2.75, 3.05) is 18.5 Å². The Morgan fingerprint density at radius 3 is 2.39 bits per heavy atom. The van der Waals surface area contributed by atoms with Crippen LogP contribution in [0.3, 0.4) is 0 Å². The highest BCUT2D eigenvalue weighted by Crippen LogP contribution is 2.22. The van der Waals surface area contributed by atoms with E-state index in [0.29, 0.717) is 24.1 Å². The average molecular weight is 385 g/mol. The highest BCUT2D eigenvalue weighted by molar-refractivity contribution is 9.09. The van der Waals surface area contributed by atoms with Crippen LogP contribution in [0.1, 0.15) is 68.3 Å². The van der Waals surface area contributed by atoms with Crippen molar-refractivity contribution in [1.82, 2.24) is 0 Å². The second-order valence-electron chi connectivity index (χ2n) is 5.69. The van der Waals surface area contributed by atoms with Gasteiger partial charge in [-0.1, -0.05) is 55.5 Å². The van der Waals surface area contributed by atoms with Crippen LogP contribution in [0, 0.1) is 0 Å². The molecule has 1 rings (SSSR count). The number of ketones is 1. The zero-order valence-electron chi connectivity index (χ0n) is 14.4. The van der Waals surface area contributed by atoms with Gasteiger partial charge in [-0.25, -0.2) is 0 Å². The van der Waals surface area contributed by atoms with Crippen molar-refractivity contribution in [3.63, 3.8) is 0 Å². The van der Waals surface area contributed by atoms with Crippen molar-refractivity contribution < 1.29 is 14.3 Å². The second kappa shape index (κ2) is 12.5. The van der Waals surface area contributed by atoms with Crippen LogP contribution < -0.4 is 4.74 Å². The van der Waals surface area contributed by atoms with E-state index < -0.39 is 0 Å². The van der Waals surface area contributed by atoms with Crippen LogP contribution in [0.15, 0.2) is 18.2 Å².